The topological polar surface area (TPSA) is 93.9 Å². The summed E-state index contributed by atoms with van der Waals surface area (Å²) < 4.78 is 38.8. The first-order chi connectivity index (χ1) is 14.5. The van der Waals surface area contributed by atoms with Crippen molar-refractivity contribution in [3.63, 3.8) is 0 Å². The molecule has 1 aliphatic carbocycles. The second-order valence-corrected chi connectivity index (χ2v) is 13.4. The van der Waals surface area contributed by atoms with Crippen LogP contribution >= 0.6 is 0 Å². The van der Waals surface area contributed by atoms with Gasteiger partial charge < -0.3 is 37.0 Å². The highest BCUT2D eigenvalue weighted by atomic mass is 28.4. The van der Waals surface area contributed by atoms with Gasteiger partial charge in [0.05, 0.1) is 12.2 Å². The Bertz CT molecular complexity index is 418. The number of nitrogens with two attached hydrogens (primary N) is 1. The summed E-state index contributed by atoms with van der Waals surface area (Å²) in [5, 5.41) is 0. The van der Waals surface area contributed by atoms with Crippen molar-refractivity contribution in [3.8, 4) is 0 Å². The maximum Gasteiger partial charge on any atom is 0.500 e. The van der Waals surface area contributed by atoms with Crippen LogP contribution in [0.25, 0.3) is 0 Å². The predicted molar refractivity (Wildman–Crippen MR) is 121 cm³/mol. The smallest absolute Gasteiger partial charge is 0.377 e. The number of hydrogen-bond acceptors (Lipinski definition) is 8. The molecule has 10 heteroatoms. The van der Waals surface area contributed by atoms with Crippen LogP contribution in [0.1, 0.15) is 52.9 Å². The second-order valence-electron chi connectivity index (χ2n) is 7.60. The minimum Gasteiger partial charge on any atom is -0.377 e. The molecule has 0 aromatic heterocycles. The Morgan fingerprint density at radius 1 is 0.800 bits per heavy atom. The van der Waals surface area contributed by atoms with Gasteiger partial charge in [-0.2, -0.15) is 0 Å². The Hall–Kier alpha value is 0.114. The third kappa shape index (κ3) is 9.31. The number of hydrogen-bond donors (Lipinski definition) is 1. The largest absolute Gasteiger partial charge is 0.500 e. The highest BCUT2D eigenvalue weighted by Gasteiger charge is 2.46. The number of epoxide rings is 1. The van der Waals surface area contributed by atoms with E-state index < -0.39 is 17.6 Å². The molecule has 3 atom stereocenters. The lowest BCUT2D eigenvalue weighted by atomic mass is 9.88. The van der Waals surface area contributed by atoms with E-state index in [2.05, 4.69) is 0 Å². The molecule has 2 rings (SSSR count). The Morgan fingerprint density at radius 3 is 1.80 bits per heavy atom. The van der Waals surface area contributed by atoms with Gasteiger partial charge in [0.2, 0.25) is 0 Å². The lowest BCUT2D eigenvalue weighted by Crippen LogP contribution is -2.46. The molecule has 1 aliphatic heterocycles. The maximum atomic E-state index is 5.90. The monoisotopic (exact) mass is 467 g/mol. The molecule has 30 heavy (non-hydrogen) atoms. The van der Waals surface area contributed by atoms with E-state index in [9.17, 15) is 0 Å². The van der Waals surface area contributed by atoms with Crippen LogP contribution in [-0.4, -0.2) is 77.5 Å². The van der Waals surface area contributed by atoms with Gasteiger partial charge in [-0.25, -0.2) is 0 Å². The SMILES string of the molecule is CCO[Si](CCC1CCC2OC2C1)(OCC)OCC.CO[Si](CCCN)(OC)OC. The first-order valence-corrected chi connectivity index (χ1v) is 15.3. The van der Waals surface area contributed by atoms with Crippen molar-refractivity contribution in [2.24, 2.45) is 11.7 Å². The van der Waals surface area contributed by atoms with E-state index in [0.717, 1.165) is 30.8 Å². The molecule has 2 N–H and O–H groups in total. The Labute approximate surface area is 185 Å². The third-order valence-corrected chi connectivity index (χ3v) is 11.6. The molecule has 2 fully saturated rings. The number of fused-ring (bicyclic) bond motifs is 1. The van der Waals surface area contributed by atoms with Crippen molar-refractivity contribution in [1.82, 2.24) is 0 Å². The maximum absolute atomic E-state index is 5.90. The molecule has 0 spiro atoms. The quantitative estimate of drug-likeness (QED) is 0.290. The summed E-state index contributed by atoms with van der Waals surface area (Å²) in [5.74, 6) is 0.761. The van der Waals surface area contributed by atoms with Gasteiger partial charge in [-0.05, 0) is 65.3 Å². The standard InChI is InChI=1S/C14H28O4Si.C6H17NO3Si/c1-4-15-19(16-5-2,17-6-3)10-9-12-7-8-13-14(11-12)18-13;1-8-11(9-2,10-3)6-4-5-7/h12-14H,4-11H2,1-3H3;4-7H2,1-3H3. The highest BCUT2D eigenvalue weighted by molar-refractivity contribution is 6.61. The molecule has 0 bridgehead atoms. The molecule has 3 unspecified atom stereocenters. The highest BCUT2D eigenvalue weighted by Crippen LogP contribution is 2.41. The number of ether oxygens (including phenoxy) is 1. The zero-order valence-corrected chi connectivity index (χ0v) is 21.9. The van der Waals surface area contributed by atoms with Crippen LogP contribution in [0, 0.1) is 5.92 Å². The van der Waals surface area contributed by atoms with Crippen molar-refractivity contribution in [3.05, 3.63) is 0 Å². The van der Waals surface area contributed by atoms with Gasteiger partial charge >= 0.3 is 17.6 Å². The molecule has 0 amide bonds. The summed E-state index contributed by atoms with van der Waals surface area (Å²) in [5.41, 5.74) is 5.36. The molecule has 0 aromatic rings. The summed E-state index contributed by atoms with van der Waals surface area (Å²) in [6, 6.07) is 1.73. The predicted octanol–water partition coefficient (Wildman–Crippen LogP) is 3.21. The van der Waals surface area contributed by atoms with Crippen molar-refractivity contribution >= 4 is 17.6 Å². The van der Waals surface area contributed by atoms with Crippen LogP contribution in [-0.2, 0) is 31.3 Å². The second kappa shape index (κ2) is 15.0. The van der Waals surface area contributed by atoms with Crippen LogP contribution in [0.5, 0.6) is 0 Å². The average Bonchev–Trinajstić information content (AvgIpc) is 3.54. The van der Waals surface area contributed by atoms with Gasteiger partial charge in [-0.15, -0.1) is 0 Å². The summed E-state index contributed by atoms with van der Waals surface area (Å²) in [6.45, 7) is 8.71. The molecule has 1 saturated heterocycles. The van der Waals surface area contributed by atoms with E-state index in [4.69, 9.17) is 37.0 Å². The molecule has 0 radical (unpaired) electrons. The lowest BCUT2D eigenvalue weighted by molar-refractivity contribution is 0.0691. The summed E-state index contributed by atoms with van der Waals surface area (Å²) in [4.78, 5) is 0. The fourth-order valence-corrected chi connectivity index (χ4v) is 8.52. The fourth-order valence-electron chi connectivity index (χ4n) is 4.01. The van der Waals surface area contributed by atoms with Crippen molar-refractivity contribution in [2.45, 2.75) is 77.2 Å². The third-order valence-electron chi connectivity index (χ3n) is 5.68. The van der Waals surface area contributed by atoms with Crippen LogP contribution in [0.3, 0.4) is 0 Å². The van der Waals surface area contributed by atoms with Gasteiger partial charge in [0.25, 0.3) is 0 Å². The molecule has 8 nitrogen and oxygen atoms in total. The van der Waals surface area contributed by atoms with E-state index in [1.165, 1.54) is 19.3 Å². The van der Waals surface area contributed by atoms with Crippen molar-refractivity contribution < 1.29 is 31.3 Å². The Balaban J connectivity index is 0.000000352. The Kier molecular flexibility index (Phi) is 14.1. The lowest BCUT2D eigenvalue weighted by Gasteiger charge is -2.30. The first kappa shape index (κ1) is 28.1. The molecule has 180 valence electrons. The summed E-state index contributed by atoms with van der Waals surface area (Å²) in [7, 11) is 0.0736. The van der Waals surface area contributed by atoms with E-state index in [0.29, 0.717) is 38.6 Å². The van der Waals surface area contributed by atoms with Gasteiger partial charge in [0.15, 0.2) is 0 Å². The van der Waals surface area contributed by atoms with Crippen LogP contribution < -0.4 is 5.73 Å². The fraction of sp³-hybridized carbons (Fsp3) is 1.00. The molecule has 2 aliphatic rings. The zero-order chi connectivity index (χ0) is 22.5. The normalized spacial score (nSPS) is 23.5. The molecule has 0 aromatic carbocycles. The van der Waals surface area contributed by atoms with Gasteiger partial charge in [0, 0.05) is 53.2 Å². The molecule has 1 heterocycles. The molecular weight excluding hydrogens is 422 g/mol. The van der Waals surface area contributed by atoms with Gasteiger partial charge in [-0.3, -0.25) is 0 Å². The summed E-state index contributed by atoms with van der Waals surface area (Å²) >= 11 is 0. The Morgan fingerprint density at radius 2 is 1.37 bits per heavy atom. The van der Waals surface area contributed by atoms with Crippen molar-refractivity contribution in [2.75, 3.05) is 47.7 Å². The summed E-state index contributed by atoms with van der Waals surface area (Å²) in [6.07, 6.45) is 6.92. The molecular formula is C20H45NO7Si2. The zero-order valence-electron chi connectivity index (χ0n) is 19.9. The average molecular weight is 468 g/mol. The van der Waals surface area contributed by atoms with E-state index in [1.54, 1.807) is 21.3 Å². The minimum absolute atomic E-state index is 0.557. The van der Waals surface area contributed by atoms with Crippen molar-refractivity contribution in [1.29, 1.82) is 0 Å². The van der Waals surface area contributed by atoms with E-state index in [1.807, 2.05) is 20.8 Å². The van der Waals surface area contributed by atoms with Gasteiger partial charge in [0.1, 0.15) is 0 Å². The molecule has 1 saturated carbocycles. The number of rotatable bonds is 15. The minimum atomic E-state index is -2.43. The van der Waals surface area contributed by atoms with Crippen LogP contribution in [0.2, 0.25) is 12.1 Å². The van der Waals surface area contributed by atoms with Crippen LogP contribution in [0.15, 0.2) is 0 Å². The van der Waals surface area contributed by atoms with Gasteiger partial charge in [-0.1, -0.05) is 0 Å². The van der Waals surface area contributed by atoms with E-state index >= 15 is 0 Å². The van der Waals surface area contributed by atoms with Crippen LogP contribution in [0.4, 0.5) is 0 Å². The first-order valence-electron chi connectivity index (χ1n) is 11.4. The van der Waals surface area contributed by atoms with E-state index in [-0.39, 0.29) is 0 Å².